The van der Waals surface area contributed by atoms with Crippen LogP contribution < -0.4 is 11.0 Å². The average molecular weight is 442 g/mol. The monoisotopic (exact) mass is 441 g/mol. The lowest BCUT2D eigenvalue weighted by atomic mass is 10.1. The number of hydrogen-bond donors (Lipinski definition) is 1. The zero-order valence-electron chi connectivity index (χ0n) is 18.9. The van der Waals surface area contributed by atoms with Crippen LogP contribution in [0.25, 0.3) is 10.9 Å². The second kappa shape index (κ2) is 9.69. The lowest BCUT2D eigenvalue weighted by Gasteiger charge is -2.17. The van der Waals surface area contributed by atoms with Crippen molar-refractivity contribution in [1.82, 2.24) is 9.13 Å². The molecule has 4 aromatic rings. The fourth-order valence-corrected chi connectivity index (χ4v) is 4.05. The largest absolute Gasteiger partial charge is 0.462 e. The minimum Gasteiger partial charge on any atom is -0.462 e. The molecule has 6 nitrogen and oxygen atoms in total. The quantitative estimate of drug-likeness (QED) is 0.440. The molecule has 2 aromatic heterocycles. The van der Waals surface area contributed by atoms with Crippen molar-refractivity contribution in [3.05, 3.63) is 111 Å². The van der Waals surface area contributed by atoms with Crippen LogP contribution in [-0.4, -0.2) is 21.7 Å². The summed E-state index contributed by atoms with van der Waals surface area (Å²) in [6.45, 7) is 4.72. The van der Waals surface area contributed by atoms with Crippen LogP contribution in [0, 0.1) is 12.3 Å². The number of pyridine rings is 2. The van der Waals surface area contributed by atoms with Crippen molar-refractivity contribution in [3.63, 3.8) is 0 Å². The molecule has 0 unspecified atom stereocenters. The third kappa shape index (κ3) is 4.65. The molecule has 2 heterocycles. The van der Waals surface area contributed by atoms with E-state index in [1.165, 1.54) is 6.07 Å². The standard InChI is InChI=1S/C27H27N3O3/c1-3-33-27(32)23-17-22-24(29(25(23)28)15-14-20-10-6-4-7-11-20)16-19(2)30(26(22)31)18-21-12-8-5-9-13-21/h4-13,16-17,28H,3,14-15,18H2,1-2H3. The van der Waals surface area contributed by atoms with Crippen LogP contribution in [0.1, 0.15) is 34.1 Å². The molecule has 168 valence electrons. The Morgan fingerprint density at radius 2 is 1.58 bits per heavy atom. The third-order valence-corrected chi connectivity index (χ3v) is 5.77. The van der Waals surface area contributed by atoms with Crippen molar-refractivity contribution in [2.24, 2.45) is 0 Å². The molecule has 0 spiro atoms. The number of aryl methyl sites for hydroxylation is 3. The first kappa shape index (κ1) is 22.3. The van der Waals surface area contributed by atoms with Gasteiger partial charge in [-0.15, -0.1) is 0 Å². The number of esters is 1. The Kier molecular flexibility index (Phi) is 6.54. The summed E-state index contributed by atoms with van der Waals surface area (Å²) in [5, 5.41) is 9.14. The number of hydrogen-bond acceptors (Lipinski definition) is 4. The zero-order valence-corrected chi connectivity index (χ0v) is 18.9. The van der Waals surface area contributed by atoms with Crippen LogP contribution in [0.5, 0.6) is 0 Å². The van der Waals surface area contributed by atoms with Gasteiger partial charge in [-0.25, -0.2) is 4.79 Å². The van der Waals surface area contributed by atoms with Gasteiger partial charge in [0.15, 0.2) is 0 Å². The highest BCUT2D eigenvalue weighted by Crippen LogP contribution is 2.15. The number of carbonyl (C=O) groups excluding carboxylic acids is 1. The van der Waals surface area contributed by atoms with Crippen LogP contribution in [0.4, 0.5) is 0 Å². The Morgan fingerprint density at radius 1 is 0.939 bits per heavy atom. The lowest BCUT2D eigenvalue weighted by molar-refractivity contribution is 0.0523. The van der Waals surface area contributed by atoms with E-state index in [0.717, 1.165) is 16.8 Å². The first-order valence-electron chi connectivity index (χ1n) is 11.1. The minimum atomic E-state index is -0.590. The summed E-state index contributed by atoms with van der Waals surface area (Å²) >= 11 is 0. The zero-order chi connectivity index (χ0) is 23.4. The maximum atomic E-state index is 13.6. The van der Waals surface area contributed by atoms with Gasteiger partial charge in [-0.2, -0.15) is 0 Å². The summed E-state index contributed by atoms with van der Waals surface area (Å²) in [7, 11) is 0. The average Bonchev–Trinajstić information content (AvgIpc) is 2.82. The third-order valence-electron chi connectivity index (χ3n) is 5.77. The van der Waals surface area contributed by atoms with E-state index in [4.69, 9.17) is 10.1 Å². The number of aromatic nitrogens is 2. The molecule has 33 heavy (non-hydrogen) atoms. The van der Waals surface area contributed by atoms with Crippen LogP contribution in [-0.2, 0) is 24.2 Å². The molecule has 0 fully saturated rings. The summed E-state index contributed by atoms with van der Waals surface area (Å²) in [5.74, 6) is -0.590. The minimum absolute atomic E-state index is 0.0523. The van der Waals surface area contributed by atoms with Gasteiger partial charge >= 0.3 is 5.97 Å². The molecule has 0 bridgehead atoms. The van der Waals surface area contributed by atoms with E-state index in [1.54, 1.807) is 16.1 Å². The highest BCUT2D eigenvalue weighted by molar-refractivity contribution is 5.93. The van der Waals surface area contributed by atoms with E-state index in [1.807, 2.05) is 73.7 Å². The summed E-state index contributed by atoms with van der Waals surface area (Å²) < 4.78 is 8.64. The Balaban J connectivity index is 1.88. The van der Waals surface area contributed by atoms with Gasteiger partial charge in [0.25, 0.3) is 5.56 Å². The molecule has 4 rings (SSSR count). The number of nitrogens with one attached hydrogen (secondary N) is 1. The molecule has 0 amide bonds. The molecule has 6 heteroatoms. The van der Waals surface area contributed by atoms with Crippen LogP contribution >= 0.6 is 0 Å². The van der Waals surface area contributed by atoms with Gasteiger partial charge < -0.3 is 13.9 Å². The van der Waals surface area contributed by atoms with E-state index in [2.05, 4.69) is 0 Å². The predicted octanol–water partition coefficient (Wildman–Crippen LogP) is 4.06. The second-order valence-electron chi connectivity index (χ2n) is 7.98. The Bertz CT molecular complexity index is 1400. The molecule has 0 saturated heterocycles. The maximum absolute atomic E-state index is 13.6. The molecule has 0 aliphatic heterocycles. The lowest BCUT2D eigenvalue weighted by Crippen LogP contribution is -2.32. The molecule has 0 radical (unpaired) electrons. The van der Waals surface area contributed by atoms with Crippen molar-refractivity contribution in [2.45, 2.75) is 33.4 Å². The van der Waals surface area contributed by atoms with Crippen molar-refractivity contribution in [3.8, 4) is 0 Å². The van der Waals surface area contributed by atoms with Crippen molar-refractivity contribution < 1.29 is 9.53 Å². The Hall–Kier alpha value is -3.93. The smallest absolute Gasteiger partial charge is 0.341 e. The van der Waals surface area contributed by atoms with Gasteiger partial charge in [-0.05, 0) is 43.5 Å². The van der Waals surface area contributed by atoms with Gasteiger partial charge in [0.1, 0.15) is 11.1 Å². The molecule has 0 aliphatic rings. The van der Waals surface area contributed by atoms with E-state index < -0.39 is 5.97 Å². The molecule has 0 aliphatic carbocycles. The number of rotatable bonds is 7. The molecule has 1 N–H and O–H groups in total. The summed E-state index contributed by atoms with van der Waals surface area (Å²) in [6, 6.07) is 23.2. The van der Waals surface area contributed by atoms with E-state index in [0.29, 0.717) is 30.4 Å². The first-order valence-corrected chi connectivity index (χ1v) is 11.1. The summed E-state index contributed by atoms with van der Waals surface area (Å²) in [6.07, 6.45) is 0.672. The topological polar surface area (TPSA) is 77.1 Å². The first-order chi connectivity index (χ1) is 16.0. The highest BCUT2D eigenvalue weighted by atomic mass is 16.5. The number of carbonyl (C=O) groups is 1. The number of benzene rings is 2. The molecular formula is C27H27N3O3. The second-order valence-corrected chi connectivity index (χ2v) is 7.98. The van der Waals surface area contributed by atoms with E-state index in [9.17, 15) is 9.59 Å². The summed E-state index contributed by atoms with van der Waals surface area (Å²) in [5.41, 5.74) is 3.55. The predicted molar refractivity (Wildman–Crippen MR) is 128 cm³/mol. The van der Waals surface area contributed by atoms with Crippen LogP contribution in [0.3, 0.4) is 0 Å². The van der Waals surface area contributed by atoms with Crippen LogP contribution in [0.15, 0.2) is 77.6 Å². The van der Waals surface area contributed by atoms with Crippen molar-refractivity contribution in [2.75, 3.05) is 6.61 Å². The number of ether oxygens (including phenoxy) is 1. The van der Waals surface area contributed by atoms with Gasteiger partial charge in [0.05, 0.1) is 24.1 Å². The highest BCUT2D eigenvalue weighted by Gasteiger charge is 2.18. The molecule has 0 atom stereocenters. The summed E-state index contributed by atoms with van der Waals surface area (Å²) in [4.78, 5) is 26.2. The molecule has 2 aromatic carbocycles. The van der Waals surface area contributed by atoms with Gasteiger partial charge in [0.2, 0.25) is 0 Å². The molecular weight excluding hydrogens is 414 g/mol. The van der Waals surface area contributed by atoms with Crippen molar-refractivity contribution in [1.29, 1.82) is 5.41 Å². The van der Waals surface area contributed by atoms with Gasteiger partial charge in [-0.3, -0.25) is 10.2 Å². The maximum Gasteiger partial charge on any atom is 0.341 e. The number of nitrogens with zero attached hydrogens (tertiary/aromatic N) is 2. The van der Waals surface area contributed by atoms with E-state index >= 15 is 0 Å². The molecule has 0 saturated carbocycles. The SMILES string of the molecule is CCOC(=O)c1cc2c(=O)n(Cc3ccccc3)c(C)cc2n(CCc2ccccc2)c1=N. The Morgan fingerprint density at radius 3 is 2.21 bits per heavy atom. The normalized spacial score (nSPS) is 11.0. The Labute approximate surface area is 192 Å². The van der Waals surface area contributed by atoms with Gasteiger partial charge in [-0.1, -0.05) is 60.7 Å². The van der Waals surface area contributed by atoms with Crippen LogP contribution in [0.2, 0.25) is 0 Å². The fraction of sp³-hybridized carbons (Fsp3) is 0.222. The fourth-order valence-electron chi connectivity index (χ4n) is 4.05. The van der Waals surface area contributed by atoms with E-state index in [-0.39, 0.29) is 23.2 Å². The van der Waals surface area contributed by atoms with Gasteiger partial charge in [0, 0.05) is 12.2 Å². The van der Waals surface area contributed by atoms with Crippen molar-refractivity contribution >= 4 is 16.9 Å². The number of fused-ring (bicyclic) bond motifs is 1.